The summed E-state index contributed by atoms with van der Waals surface area (Å²) in [5, 5.41) is 14.3. The largest absolute Gasteiger partial charge is 0.477 e. The van der Waals surface area contributed by atoms with Crippen LogP contribution < -0.4 is 10.6 Å². The van der Waals surface area contributed by atoms with Crippen LogP contribution in [0, 0.1) is 11.8 Å². The van der Waals surface area contributed by atoms with E-state index in [1.807, 2.05) is 0 Å². The first-order chi connectivity index (χ1) is 14.3. The number of ether oxygens (including phenoxy) is 1. The monoisotopic (exact) mass is 463 g/mol. The third-order valence-electron chi connectivity index (χ3n) is 4.93. The van der Waals surface area contributed by atoms with Gasteiger partial charge in [0.05, 0.1) is 12.0 Å². The standard InChI is InChI=1S/C19H27F2N3O6S/c1-8-11-10(9(2)23-15(25)14(20)21)16(26)24(11)12(17(27)28)13(8)31-7-6-22-18(29)30-19(3,4)5/h8-11,14H,6-7H2,1-5H3,(H,22,29)(H,23,25)(H,27,28)/t8-,9-,10-,11-/m1/s1. The molecule has 0 aromatic carbocycles. The summed E-state index contributed by atoms with van der Waals surface area (Å²) in [4.78, 5) is 49.0. The summed E-state index contributed by atoms with van der Waals surface area (Å²) in [7, 11) is 0. The summed E-state index contributed by atoms with van der Waals surface area (Å²) in [6.45, 7) is 8.60. The van der Waals surface area contributed by atoms with E-state index in [0.29, 0.717) is 10.7 Å². The van der Waals surface area contributed by atoms with Crippen LogP contribution in [0.5, 0.6) is 0 Å². The van der Waals surface area contributed by atoms with Crippen LogP contribution in [-0.2, 0) is 19.1 Å². The van der Waals surface area contributed by atoms with Gasteiger partial charge in [-0.25, -0.2) is 9.59 Å². The number of thioether (sulfide) groups is 1. The SMILES string of the molecule is C[C@@H](NC(=O)C(F)F)[C@H]1C(=O)N2C(C(=O)O)=C(SCCNC(=O)OC(C)(C)C)[C@H](C)[C@H]12. The highest BCUT2D eigenvalue weighted by Crippen LogP contribution is 2.50. The molecule has 174 valence electrons. The maximum Gasteiger partial charge on any atom is 0.407 e. The predicted octanol–water partition coefficient (Wildman–Crippen LogP) is 1.79. The molecule has 12 heteroatoms. The molecule has 0 bridgehead atoms. The molecule has 3 amide bonds. The average Bonchev–Trinajstić information content (AvgIpc) is 2.86. The Bertz CT molecular complexity index is 798. The van der Waals surface area contributed by atoms with E-state index in [-0.39, 0.29) is 18.2 Å². The normalized spacial score (nSPS) is 23.9. The van der Waals surface area contributed by atoms with Gasteiger partial charge in [-0.15, -0.1) is 11.8 Å². The molecule has 1 fully saturated rings. The zero-order valence-corrected chi connectivity index (χ0v) is 18.7. The number of amides is 3. The Hall–Kier alpha value is -2.37. The molecule has 0 aromatic heterocycles. The fourth-order valence-electron chi connectivity index (χ4n) is 3.74. The minimum absolute atomic E-state index is 0.145. The van der Waals surface area contributed by atoms with Gasteiger partial charge in [0.15, 0.2) is 0 Å². The number of aliphatic carboxylic acids is 1. The smallest absolute Gasteiger partial charge is 0.407 e. The van der Waals surface area contributed by atoms with E-state index >= 15 is 0 Å². The van der Waals surface area contributed by atoms with E-state index in [9.17, 15) is 33.1 Å². The lowest BCUT2D eigenvalue weighted by Gasteiger charge is -2.47. The number of carboxylic acids is 1. The van der Waals surface area contributed by atoms with Gasteiger partial charge in [-0.2, -0.15) is 8.78 Å². The van der Waals surface area contributed by atoms with Crippen molar-refractivity contribution in [2.24, 2.45) is 11.8 Å². The van der Waals surface area contributed by atoms with Crippen molar-refractivity contribution in [3.05, 3.63) is 10.6 Å². The number of carbonyl (C=O) groups is 4. The highest BCUT2D eigenvalue weighted by atomic mass is 32.2. The van der Waals surface area contributed by atoms with E-state index < -0.39 is 53.9 Å². The number of rotatable bonds is 8. The van der Waals surface area contributed by atoms with Crippen LogP contribution in [-0.4, -0.2) is 70.3 Å². The molecule has 0 aliphatic carbocycles. The Labute approximate surface area is 182 Å². The van der Waals surface area contributed by atoms with E-state index in [2.05, 4.69) is 10.6 Å². The Morgan fingerprint density at radius 1 is 1.29 bits per heavy atom. The molecule has 31 heavy (non-hydrogen) atoms. The first-order valence-corrected chi connectivity index (χ1v) is 10.7. The number of hydrogen-bond acceptors (Lipinski definition) is 6. The number of β-lactam (4-membered cyclic amide) rings is 1. The number of fused-ring (bicyclic) bond motifs is 1. The van der Waals surface area contributed by atoms with Gasteiger partial charge in [0.2, 0.25) is 5.91 Å². The summed E-state index contributed by atoms with van der Waals surface area (Å²) in [6.07, 6.45) is -3.80. The summed E-state index contributed by atoms with van der Waals surface area (Å²) >= 11 is 1.20. The number of carbonyl (C=O) groups excluding carboxylic acids is 3. The molecular weight excluding hydrogens is 436 g/mol. The van der Waals surface area contributed by atoms with Gasteiger partial charge in [0, 0.05) is 29.2 Å². The highest BCUT2D eigenvalue weighted by molar-refractivity contribution is 8.03. The van der Waals surface area contributed by atoms with Crippen molar-refractivity contribution in [1.82, 2.24) is 15.5 Å². The Kier molecular flexibility index (Phi) is 7.56. The van der Waals surface area contributed by atoms with Crippen molar-refractivity contribution < 1.29 is 37.8 Å². The molecule has 2 heterocycles. The second-order valence-electron chi connectivity index (χ2n) is 8.41. The lowest BCUT2D eigenvalue weighted by molar-refractivity contribution is -0.159. The van der Waals surface area contributed by atoms with Crippen molar-refractivity contribution in [2.45, 2.75) is 58.7 Å². The summed E-state index contributed by atoms with van der Waals surface area (Å²) in [5.74, 6) is -4.10. The second-order valence-corrected chi connectivity index (χ2v) is 9.54. The first-order valence-electron chi connectivity index (χ1n) is 9.75. The molecule has 1 saturated heterocycles. The number of hydrogen-bond donors (Lipinski definition) is 3. The number of halogens is 2. The Morgan fingerprint density at radius 2 is 1.90 bits per heavy atom. The topological polar surface area (TPSA) is 125 Å². The molecule has 4 atom stereocenters. The molecule has 2 rings (SSSR count). The zero-order chi connectivity index (χ0) is 23.7. The van der Waals surface area contributed by atoms with Gasteiger partial charge in [-0.1, -0.05) is 6.92 Å². The Morgan fingerprint density at radius 3 is 2.42 bits per heavy atom. The van der Waals surface area contributed by atoms with Gasteiger partial charge >= 0.3 is 18.5 Å². The Balaban J connectivity index is 2.03. The second kappa shape index (κ2) is 9.41. The average molecular weight is 464 g/mol. The molecule has 3 N–H and O–H groups in total. The fraction of sp³-hybridized carbons (Fsp3) is 0.684. The van der Waals surface area contributed by atoms with Crippen LogP contribution in [0.4, 0.5) is 13.6 Å². The maximum absolute atomic E-state index is 12.6. The van der Waals surface area contributed by atoms with Crippen LogP contribution in [0.2, 0.25) is 0 Å². The van der Waals surface area contributed by atoms with Crippen molar-refractivity contribution in [3.63, 3.8) is 0 Å². The molecule has 0 spiro atoms. The van der Waals surface area contributed by atoms with Crippen molar-refractivity contribution >= 4 is 35.6 Å². The molecule has 9 nitrogen and oxygen atoms in total. The van der Waals surface area contributed by atoms with Gasteiger partial charge in [0.1, 0.15) is 11.3 Å². The number of alkyl halides is 2. The number of nitrogens with one attached hydrogen (secondary N) is 2. The molecule has 0 aromatic rings. The van der Waals surface area contributed by atoms with Crippen LogP contribution in [0.25, 0.3) is 0 Å². The quantitative estimate of drug-likeness (QED) is 0.370. The van der Waals surface area contributed by atoms with Crippen molar-refractivity contribution in [2.75, 3.05) is 12.3 Å². The molecule has 0 unspecified atom stereocenters. The zero-order valence-electron chi connectivity index (χ0n) is 17.9. The summed E-state index contributed by atoms with van der Waals surface area (Å²) in [6, 6.07) is -1.42. The first kappa shape index (κ1) is 24.9. The van der Waals surface area contributed by atoms with E-state index in [0.717, 1.165) is 4.90 Å². The molecular formula is C19H27F2N3O6S. The van der Waals surface area contributed by atoms with Crippen LogP contribution in [0.3, 0.4) is 0 Å². The van der Waals surface area contributed by atoms with Gasteiger partial charge in [-0.05, 0) is 27.7 Å². The van der Waals surface area contributed by atoms with Gasteiger partial charge in [0.25, 0.3) is 5.91 Å². The minimum Gasteiger partial charge on any atom is -0.477 e. The summed E-state index contributed by atoms with van der Waals surface area (Å²) in [5.41, 5.74) is -0.789. The molecule has 0 radical (unpaired) electrons. The van der Waals surface area contributed by atoms with Gasteiger partial charge in [-0.3, -0.25) is 9.59 Å². The van der Waals surface area contributed by atoms with Crippen molar-refractivity contribution in [1.29, 1.82) is 0 Å². The number of carboxylic acid groups (broad SMARTS) is 1. The third kappa shape index (κ3) is 5.46. The van der Waals surface area contributed by atoms with E-state index in [4.69, 9.17) is 4.74 Å². The maximum atomic E-state index is 12.6. The molecule has 2 aliphatic rings. The number of nitrogens with zero attached hydrogens (tertiary/aromatic N) is 1. The third-order valence-corrected chi connectivity index (χ3v) is 6.21. The highest BCUT2D eigenvalue weighted by Gasteiger charge is 2.60. The van der Waals surface area contributed by atoms with E-state index in [1.165, 1.54) is 18.7 Å². The van der Waals surface area contributed by atoms with Crippen LogP contribution in [0.15, 0.2) is 10.6 Å². The predicted molar refractivity (Wildman–Crippen MR) is 108 cm³/mol. The number of alkyl carbamates (subject to hydrolysis) is 1. The van der Waals surface area contributed by atoms with Crippen LogP contribution >= 0.6 is 11.8 Å². The molecule has 2 aliphatic heterocycles. The van der Waals surface area contributed by atoms with Crippen LogP contribution in [0.1, 0.15) is 34.6 Å². The lowest BCUT2D eigenvalue weighted by atomic mass is 9.78. The van der Waals surface area contributed by atoms with E-state index in [1.54, 1.807) is 27.7 Å². The summed E-state index contributed by atoms with van der Waals surface area (Å²) < 4.78 is 30.2. The van der Waals surface area contributed by atoms with Gasteiger partial charge < -0.3 is 25.4 Å². The molecule has 0 saturated carbocycles. The van der Waals surface area contributed by atoms with Crippen molar-refractivity contribution in [3.8, 4) is 0 Å². The minimum atomic E-state index is -3.20. The lowest BCUT2D eigenvalue weighted by Crippen LogP contribution is -2.66. The fourth-order valence-corrected chi connectivity index (χ4v) is 4.89.